The van der Waals surface area contributed by atoms with E-state index < -0.39 is 0 Å². The summed E-state index contributed by atoms with van der Waals surface area (Å²) in [5.74, 6) is 0.652. The maximum absolute atomic E-state index is 6.73. The summed E-state index contributed by atoms with van der Waals surface area (Å²) in [6.07, 6.45) is 10.3. The first-order valence-corrected chi connectivity index (χ1v) is 7.67. The smallest absolute Gasteiger partial charge is 0.0469 e. The Balaban J connectivity index is 2.11. The van der Waals surface area contributed by atoms with Gasteiger partial charge in [-0.1, -0.05) is 25.7 Å². The van der Waals surface area contributed by atoms with Crippen molar-refractivity contribution in [2.24, 2.45) is 11.7 Å². The van der Waals surface area contributed by atoms with Crippen LogP contribution in [0.15, 0.2) is 0 Å². The summed E-state index contributed by atoms with van der Waals surface area (Å²) in [6, 6.07) is 0.314. The molecular formula is C15H30N2O. The molecule has 2 N–H and O–H groups in total. The van der Waals surface area contributed by atoms with E-state index in [1.54, 1.807) is 0 Å². The van der Waals surface area contributed by atoms with E-state index >= 15 is 0 Å². The maximum Gasteiger partial charge on any atom is 0.0469 e. The van der Waals surface area contributed by atoms with Crippen LogP contribution in [0.2, 0.25) is 0 Å². The summed E-state index contributed by atoms with van der Waals surface area (Å²) in [4.78, 5) is 2.43. The van der Waals surface area contributed by atoms with Crippen molar-refractivity contribution < 1.29 is 4.74 Å². The SMILES string of the molecule is CN(C)C1(C(N)C2CCOCC2)CCCCCC1. The minimum atomic E-state index is 0.235. The molecule has 3 heteroatoms. The zero-order valence-electron chi connectivity index (χ0n) is 12.2. The van der Waals surface area contributed by atoms with Crippen LogP contribution in [-0.2, 0) is 4.74 Å². The molecule has 2 fully saturated rings. The predicted octanol–water partition coefficient (Wildman–Crippen LogP) is 2.39. The number of hydrogen-bond donors (Lipinski definition) is 1. The summed E-state index contributed by atoms with van der Waals surface area (Å²) in [5, 5.41) is 0. The van der Waals surface area contributed by atoms with E-state index in [9.17, 15) is 0 Å². The summed E-state index contributed by atoms with van der Waals surface area (Å²) in [7, 11) is 4.45. The molecule has 0 aromatic heterocycles. The molecule has 1 heterocycles. The lowest BCUT2D eigenvalue weighted by Gasteiger charge is -2.48. The van der Waals surface area contributed by atoms with E-state index in [2.05, 4.69) is 19.0 Å². The topological polar surface area (TPSA) is 38.5 Å². The first kappa shape index (κ1) is 14.3. The standard InChI is InChI=1S/C15H30N2O/c1-17(2)15(9-5-3-4-6-10-15)14(16)13-7-11-18-12-8-13/h13-14H,3-12,16H2,1-2H3. The second-order valence-electron chi connectivity index (χ2n) is 6.39. The molecule has 1 saturated heterocycles. The van der Waals surface area contributed by atoms with Gasteiger partial charge in [-0.25, -0.2) is 0 Å². The van der Waals surface area contributed by atoms with Gasteiger partial charge in [0, 0.05) is 24.8 Å². The van der Waals surface area contributed by atoms with Crippen molar-refractivity contribution in [1.29, 1.82) is 0 Å². The number of nitrogens with two attached hydrogens (primary N) is 1. The molecule has 2 aliphatic rings. The van der Waals surface area contributed by atoms with E-state index in [1.807, 2.05) is 0 Å². The van der Waals surface area contributed by atoms with Gasteiger partial charge in [-0.15, -0.1) is 0 Å². The van der Waals surface area contributed by atoms with Crippen molar-refractivity contribution in [1.82, 2.24) is 4.90 Å². The van der Waals surface area contributed by atoms with Gasteiger partial charge in [0.05, 0.1) is 0 Å². The third-order valence-electron chi connectivity index (χ3n) is 5.25. The predicted molar refractivity (Wildman–Crippen MR) is 75.6 cm³/mol. The highest BCUT2D eigenvalue weighted by Crippen LogP contribution is 2.37. The molecular weight excluding hydrogens is 224 g/mol. The van der Waals surface area contributed by atoms with Crippen molar-refractivity contribution in [3.8, 4) is 0 Å². The van der Waals surface area contributed by atoms with E-state index in [0.717, 1.165) is 26.1 Å². The van der Waals surface area contributed by atoms with Crippen LogP contribution in [-0.4, -0.2) is 43.8 Å². The lowest BCUT2D eigenvalue weighted by atomic mass is 9.73. The Kier molecular flexibility index (Phi) is 5.05. The Bertz CT molecular complexity index is 241. The van der Waals surface area contributed by atoms with Gasteiger partial charge in [0.25, 0.3) is 0 Å². The number of ether oxygens (including phenoxy) is 1. The minimum absolute atomic E-state index is 0.235. The van der Waals surface area contributed by atoms with Crippen LogP contribution < -0.4 is 5.73 Å². The van der Waals surface area contributed by atoms with Crippen LogP contribution in [0.3, 0.4) is 0 Å². The first-order valence-electron chi connectivity index (χ1n) is 7.67. The van der Waals surface area contributed by atoms with Crippen LogP contribution in [0.25, 0.3) is 0 Å². The highest BCUT2D eigenvalue weighted by Gasteiger charge is 2.42. The van der Waals surface area contributed by atoms with E-state index in [0.29, 0.717) is 12.0 Å². The van der Waals surface area contributed by atoms with E-state index in [-0.39, 0.29) is 5.54 Å². The van der Waals surface area contributed by atoms with Crippen LogP contribution >= 0.6 is 0 Å². The fourth-order valence-corrected chi connectivity index (χ4v) is 3.93. The Labute approximate surface area is 112 Å². The molecule has 0 aromatic rings. The van der Waals surface area contributed by atoms with Crippen molar-refractivity contribution >= 4 is 0 Å². The summed E-state index contributed by atoms with van der Waals surface area (Å²) < 4.78 is 5.49. The van der Waals surface area contributed by atoms with Crippen molar-refractivity contribution in [2.45, 2.75) is 62.9 Å². The molecule has 0 radical (unpaired) electrons. The van der Waals surface area contributed by atoms with Gasteiger partial charge in [-0.2, -0.15) is 0 Å². The monoisotopic (exact) mass is 254 g/mol. The molecule has 1 aliphatic carbocycles. The van der Waals surface area contributed by atoms with Gasteiger partial charge in [0.15, 0.2) is 0 Å². The Morgan fingerprint density at radius 1 is 1.06 bits per heavy atom. The third kappa shape index (κ3) is 2.89. The molecule has 106 valence electrons. The quantitative estimate of drug-likeness (QED) is 0.786. The van der Waals surface area contributed by atoms with Gasteiger partial charge in [-0.05, 0) is 45.7 Å². The molecule has 0 amide bonds. The Morgan fingerprint density at radius 2 is 1.61 bits per heavy atom. The molecule has 0 bridgehead atoms. The van der Waals surface area contributed by atoms with Crippen molar-refractivity contribution in [3.63, 3.8) is 0 Å². The molecule has 2 rings (SSSR count). The fourth-order valence-electron chi connectivity index (χ4n) is 3.93. The van der Waals surface area contributed by atoms with Gasteiger partial charge in [-0.3, -0.25) is 0 Å². The molecule has 1 saturated carbocycles. The third-order valence-corrected chi connectivity index (χ3v) is 5.25. The summed E-state index contributed by atoms with van der Waals surface area (Å²) in [5.41, 5.74) is 6.97. The molecule has 1 atom stereocenters. The fraction of sp³-hybridized carbons (Fsp3) is 1.00. The lowest BCUT2D eigenvalue weighted by Crippen LogP contribution is -2.60. The number of nitrogens with zero attached hydrogens (tertiary/aromatic N) is 1. The van der Waals surface area contributed by atoms with Crippen molar-refractivity contribution in [2.75, 3.05) is 27.3 Å². The van der Waals surface area contributed by atoms with Crippen LogP contribution in [0.4, 0.5) is 0 Å². The van der Waals surface area contributed by atoms with E-state index in [4.69, 9.17) is 10.5 Å². The van der Waals surface area contributed by atoms with Gasteiger partial charge in [0.1, 0.15) is 0 Å². The largest absolute Gasteiger partial charge is 0.381 e. The number of hydrogen-bond acceptors (Lipinski definition) is 3. The molecule has 1 aliphatic heterocycles. The van der Waals surface area contributed by atoms with Crippen LogP contribution in [0.5, 0.6) is 0 Å². The van der Waals surface area contributed by atoms with E-state index in [1.165, 1.54) is 38.5 Å². The average Bonchev–Trinajstić information content (AvgIpc) is 2.65. The second-order valence-corrected chi connectivity index (χ2v) is 6.39. The minimum Gasteiger partial charge on any atom is -0.381 e. The van der Waals surface area contributed by atoms with Gasteiger partial charge >= 0.3 is 0 Å². The Morgan fingerprint density at radius 3 is 2.11 bits per heavy atom. The van der Waals surface area contributed by atoms with Gasteiger partial charge in [0.2, 0.25) is 0 Å². The first-order chi connectivity index (χ1) is 8.67. The molecule has 18 heavy (non-hydrogen) atoms. The highest BCUT2D eigenvalue weighted by atomic mass is 16.5. The zero-order chi connectivity index (χ0) is 13.0. The zero-order valence-corrected chi connectivity index (χ0v) is 12.2. The number of likely N-dealkylation sites (N-methyl/N-ethyl adjacent to an activating group) is 1. The highest BCUT2D eigenvalue weighted by molar-refractivity contribution is 5.01. The normalized spacial score (nSPS) is 28.0. The van der Waals surface area contributed by atoms with Crippen molar-refractivity contribution in [3.05, 3.63) is 0 Å². The Hall–Kier alpha value is -0.120. The number of rotatable bonds is 3. The average molecular weight is 254 g/mol. The molecule has 0 aromatic carbocycles. The van der Waals surface area contributed by atoms with Crippen LogP contribution in [0, 0.1) is 5.92 Å². The molecule has 3 nitrogen and oxygen atoms in total. The summed E-state index contributed by atoms with van der Waals surface area (Å²) >= 11 is 0. The second kappa shape index (κ2) is 6.36. The maximum atomic E-state index is 6.73. The molecule has 1 unspecified atom stereocenters. The summed E-state index contributed by atoms with van der Waals surface area (Å²) in [6.45, 7) is 1.81. The molecule has 0 spiro atoms. The van der Waals surface area contributed by atoms with Gasteiger partial charge < -0.3 is 15.4 Å². The van der Waals surface area contributed by atoms with Crippen LogP contribution in [0.1, 0.15) is 51.4 Å². The lowest BCUT2D eigenvalue weighted by molar-refractivity contribution is 0.0133.